The van der Waals surface area contributed by atoms with E-state index in [2.05, 4.69) is 11.9 Å². The number of hydrogen-bond donors (Lipinski definition) is 2. The summed E-state index contributed by atoms with van der Waals surface area (Å²) in [6.07, 6.45) is 1.61. The fourth-order valence-corrected chi connectivity index (χ4v) is 1.94. The second kappa shape index (κ2) is 4.91. The molecule has 1 aliphatic heterocycles. The van der Waals surface area contributed by atoms with Crippen LogP contribution in [0, 0.1) is 0 Å². The van der Waals surface area contributed by atoms with Crippen molar-refractivity contribution < 1.29 is 14.7 Å². The van der Waals surface area contributed by atoms with Gasteiger partial charge in [0, 0.05) is 19.6 Å². The number of nitrogens with zero attached hydrogens (tertiary/aromatic N) is 1. The zero-order valence-electron chi connectivity index (χ0n) is 9.85. The number of hydrogen-bond acceptors (Lipinski definition) is 2. The van der Waals surface area contributed by atoms with Crippen molar-refractivity contribution in [2.24, 2.45) is 0 Å². The number of aromatic carboxylic acids is 1. The van der Waals surface area contributed by atoms with Gasteiger partial charge in [-0.3, -0.25) is 0 Å². The highest BCUT2D eigenvalue weighted by Crippen LogP contribution is 2.23. The van der Waals surface area contributed by atoms with Crippen LogP contribution in [0.15, 0.2) is 30.9 Å². The standard InChI is InChI=1S/C13H14N2O3/c1-2-5-14-13(18)15-7-10-4-3-9(12(16)17)6-11(10)8-15/h2-4,6H,1,5,7-8H2,(H,14,18)(H,16,17). The molecule has 0 aromatic heterocycles. The van der Waals surface area contributed by atoms with Crippen molar-refractivity contribution in [1.29, 1.82) is 0 Å². The molecule has 0 saturated carbocycles. The van der Waals surface area contributed by atoms with Crippen LogP contribution in [0.25, 0.3) is 0 Å². The van der Waals surface area contributed by atoms with E-state index in [0.717, 1.165) is 11.1 Å². The van der Waals surface area contributed by atoms with E-state index >= 15 is 0 Å². The summed E-state index contributed by atoms with van der Waals surface area (Å²) in [6, 6.07) is 4.78. The van der Waals surface area contributed by atoms with Gasteiger partial charge in [0.05, 0.1) is 5.56 Å². The third-order valence-electron chi connectivity index (χ3n) is 2.86. The Balaban J connectivity index is 2.10. The van der Waals surface area contributed by atoms with E-state index in [1.165, 1.54) is 0 Å². The summed E-state index contributed by atoms with van der Waals surface area (Å²) >= 11 is 0. The van der Waals surface area contributed by atoms with Gasteiger partial charge in [-0.1, -0.05) is 12.1 Å². The normalized spacial score (nSPS) is 13.0. The first-order chi connectivity index (χ1) is 8.61. The monoisotopic (exact) mass is 246 g/mol. The van der Waals surface area contributed by atoms with Crippen LogP contribution >= 0.6 is 0 Å². The lowest BCUT2D eigenvalue weighted by Gasteiger charge is -2.15. The van der Waals surface area contributed by atoms with Crippen molar-refractivity contribution in [1.82, 2.24) is 10.2 Å². The first-order valence-corrected chi connectivity index (χ1v) is 5.60. The number of urea groups is 1. The molecule has 5 heteroatoms. The van der Waals surface area contributed by atoms with Gasteiger partial charge in [-0.25, -0.2) is 9.59 Å². The maximum Gasteiger partial charge on any atom is 0.335 e. The number of carbonyl (C=O) groups excluding carboxylic acids is 1. The Morgan fingerprint density at radius 1 is 1.39 bits per heavy atom. The number of fused-ring (bicyclic) bond motifs is 1. The van der Waals surface area contributed by atoms with Crippen molar-refractivity contribution in [2.45, 2.75) is 13.1 Å². The Labute approximate surface area is 105 Å². The second-order valence-electron chi connectivity index (χ2n) is 4.12. The van der Waals surface area contributed by atoms with Crippen LogP contribution in [-0.2, 0) is 13.1 Å². The lowest BCUT2D eigenvalue weighted by Crippen LogP contribution is -2.36. The number of rotatable bonds is 3. The number of carboxylic acids is 1. The zero-order chi connectivity index (χ0) is 13.1. The lowest BCUT2D eigenvalue weighted by molar-refractivity contribution is 0.0696. The highest BCUT2D eigenvalue weighted by molar-refractivity contribution is 5.88. The molecule has 0 radical (unpaired) electrons. The molecule has 0 unspecified atom stereocenters. The van der Waals surface area contributed by atoms with Crippen molar-refractivity contribution in [2.75, 3.05) is 6.54 Å². The topological polar surface area (TPSA) is 69.6 Å². The average Bonchev–Trinajstić information content (AvgIpc) is 2.78. The van der Waals surface area contributed by atoms with E-state index in [-0.39, 0.29) is 11.6 Å². The quantitative estimate of drug-likeness (QED) is 0.796. The number of carboxylic acid groups (broad SMARTS) is 1. The van der Waals surface area contributed by atoms with Crippen LogP contribution in [0.2, 0.25) is 0 Å². The molecule has 0 fully saturated rings. The molecule has 0 bridgehead atoms. The minimum atomic E-state index is -0.952. The molecule has 2 N–H and O–H groups in total. The van der Waals surface area contributed by atoms with Crippen molar-refractivity contribution >= 4 is 12.0 Å². The first kappa shape index (κ1) is 12.2. The molecule has 1 heterocycles. The van der Waals surface area contributed by atoms with Gasteiger partial charge in [0.25, 0.3) is 0 Å². The molecule has 1 aromatic rings. The third kappa shape index (κ3) is 2.34. The summed E-state index contributed by atoms with van der Waals surface area (Å²) in [5.74, 6) is -0.952. The molecule has 2 amide bonds. The van der Waals surface area contributed by atoms with Gasteiger partial charge in [-0.2, -0.15) is 0 Å². The van der Waals surface area contributed by atoms with Crippen molar-refractivity contribution in [3.05, 3.63) is 47.5 Å². The average molecular weight is 246 g/mol. The van der Waals surface area contributed by atoms with Crippen LogP contribution in [0.4, 0.5) is 4.79 Å². The van der Waals surface area contributed by atoms with E-state index in [1.807, 2.05) is 0 Å². The van der Waals surface area contributed by atoms with E-state index in [0.29, 0.717) is 19.6 Å². The molecule has 94 valence electrons. The van der Waals surface area contributed by atoms with Crippen molar-refractivity contribution in [3.63, 3.8) is 0 Å². The minimum Gasteiger partial charge on any atom is -0.478 e. The van der Waals surface area contributed by atoms with Gasteiger partial charge in [0.1, 0.15) is 0 Å². The smallest absolute Gasteiger partial charge is 0.335 e. The van der Waals surface area contributed by atoms with Gasteiger partial charge in [-0.05, 0) is 23.3 Å². The fraction of sp³-hybridized carbons (Fsp3) is 0.231. The molecule has 0 atom stereocenters. The molecular weight excluding hydrogens is 232 g/mol. The number of benzene rings is 1. The highest BCUT2D eigenvalue weighted by atomic mass is 16.4. The summed E-state index contributed by atoms with van der Waals surface area (Å²) in [6.45, 7) is 4.91. The maximum absolute atomic E-state index is 11.7. The summed E-state index contributed by atoms with van der Waals surface area (Å²) < 4.78 is 0. The van der Waals surface area contributed by atoms with Crippen LogP contribution in [-0.4, -0.2) is 28.6 Å². The number of nitrogens with one attached hydrogen (secondary N) is 1. The Hall–Kier alpha value is -2.30. The Morgan fingerprint density at radius 2 is 2.11 bits per heavy atom. The lowest BCUT2D eigenvalue weighted by atomic mass is 10.1. The van der Waals surface area contributed by atoms with Crippen LogP contribution < -0.4 is 5.32 Å². The highest BCUT2D eigenvalue weighted by Gasteiger charge is 2.23. The fourth-order valence-electron chi connectivity index (χ4n) is 1.94. The van der Waals surface area contributed by atoms with E-state index < -0.39 is 5.97 Å². The number of carbonyl (C=O) groups is 2. The molecule has 0 saturated heterocycles. The van der Waals surface area contributed by atoms with Crippen LogP contribution in [0.5, 0.6) is 0 Å². The zero-order valence-corrected chi connectivity index (χ0v) is 9.85. The van der Waals surface area contributed by atoms with Gasteiger partial charge in [-0.15, -0.1) is 6.58 Å². The second-order valence-corrected chi connectivity index (χ2v) is 4.12. The van der Waals surface area contributed by atoms with Crippen LogP contribution in [0.3, 0.4) is 0 Å². The van der Waals surface area contributed by atoms with E-state index in [4.69, 9.17) is 5.11 Å². The molecule has 5 nitrogen and oxygen atoms in total. The maximum atomic E-state index is 11.7. The van der Waals surface area contributed by atoms with Gasteiger partial charge in [0.15, 0.2) is 0 Å². The predicted molar refractivity (Wildman–Crippen MR) is 66.2 cm³/mol. The first-order valence-electron chi connectivity index (χ1n) is 5.60. The predicted octanol–water partition coefficient (Wildman–Crippen LogP) is 1.60. The largest absolute Gasteiger partial charge is 0.478 e. The molecule has 2 rings (SSSR count). The molecule has 1 aromatic carbocycles. The summed E-state index contributed by atoms with van der Waals surface area (Å²) in [5, 5.41) is 11.6. The number of amides is 2. The summed E-state index contributed by atoms with van der Waals surface area (Å²) in [4.78, 5) is 24.2. The Morgan fingerprint density at radius 3 is 2.78 bits per heavy atom. The molecule has 0 spiro atoms. The summed E-state index contributed by atoms with van der Waals surface area (Å²) in [5.41, 5.74) is 2.14. The Kier molecular flexibility index (Phi) is 3.32. The SMILES string of the molecule is C=CCNC(=O)N1Cc2ccc(C(=O)O)cc2C1. The third-order valence-corrected chi connectivity index (χ3v) is 2.86. The molecule has 1 aliphatic rings. The van der Waals surface area contributed by atoms with Gasteiger partial charge in [0.2, 0.25) is 0 Å². The summed E-state index contributed by atoms with van der Waals surface area (Å²) in [7, 11) is 0. The van der Waals surface area contributed by atoms with Crippen molar-refractivity contribution in [3.8, 4) is 0 Å². The van der Waals surface area contributed by atoms with E-state index in [9.17, 15) is 9.59 Å². The van der Waals surface area contributed by atoms with Gasteiger partial charge >= 0.3 is 12.0 Å². The molecule has 18 heavy (non-hydrogen) atoms. The van der Waals surface area contributed by atoms with Gasteiger partial charge < -0.3 is 15.3 Å². The Bertz CT molecular complexity index is 511. The molecule has 0 aliphatic carbocycles. The molecular formula is C13H14N2O3. The minimum absolute atomic E-state index is 0.164. The van der Waals surface area contributed by atoms with Crippen LogP contribution in [0.1, 0.15) is 21.5 Å². The van der Waals surface area contributed by atoms with E-state index in [1.54, 1.807) is 29.2 Å².